The lowest BCUT2D eigenvalue weighted by Gasteiger charge is -2.31. The largest absolute Gasteiger partial charge is 0.355 e. The monoisotopic (exact) mass is 286 g/mol. The molecule has 1 N–H and O–H groups in total. The number of hydrogen-bond acceptors (Lipinski definition) is 2. The highest BCUT2D eigenvalue weighted by Gasteiger charge is 2.35. The predicted molar refractivity (Wildman–Crippen MR) is 80.6 cm³/mol. The fraction of sp³-hybridized carbons (Fsp3) is 0.529. The molecular weight excluding hydrogens is 264 g/mol. The molecule has 0 saturated carbocycles. The number of carbonyl (C=O) groups is 2. The molecule has 3 rings (SSSR count). The van der Waals surface area contributed by atoms with E-state index in [2.05, 4.69) is 24.4 Å². The van der Waals surface area contributed by atoms with Crippen molar-refractivity contribution in [3.8, 4) is 0 Å². The fourth-order valence-corrected chi connectivity index (χ4v) is 3.49. The summed E-state index contributed by atoms with van der Waals surface area (Å²) in [6.45, 7) is 3.44. The van der Waals surface area contributed by atoms with Crippen LogP contribution >= 0.6 is 0 Å². The zero-order valence-electron chi connectivity index (χ0n) is 12.5. The van der Waals surface area contributed by atoms with E-state index < -0.39 is 0 Å². The summed E-state index contributed by atoms with van der Waals surface area (Å²) in [6, 6.07) is 8.53. The Labute approximate surface area is 125 Å². The van der Waals surface area contributed by atoms with Gasteiger partial charge in [-0.2, -0.15) is 0 Å². The molecule has 2 heterocycles. The van der Waals surface area contributed by atoms with Crippen LogP contribution in [0.3, 0.4) is 0 Å². The molecule has 21 heavy (non-hydrogen) atoms. The van der Waals surface area contributed by atoms with Crippen LogP contribution in [0.25, 0.3) is 0 Å². The molecule has 2 saturated heterocycles. The lowest BCUT2D eigenvalue weighted by atomic mass is 9.95. The molecule has 4 nitrogen and oxygen atoms in total. The first-order valence-electron chi connectivity index (χ1n) is 7.79. The number of amides is 2. The highest BCUT2D eigenvalue weighted by Crippen LogP contribution is 2.35. The van der Waals surface area contributed by atoms with Gasteiger partial charge in [-0.15, -0.1) is 0 Å². The van der Waals surface area contributed by atoms with Gasteiger partial charge in [-0.3, -0.25) is 9.59 Å². The Kier molecular flexibility index (Phi) is 3.95. The topological polar surface area (TPSA) is 49.4 Å². The normalized spacial score (nSPS) is 25.8. The van der Waals surface area contributed by atoms with Gasteiger partial charge in [-0.05, 0) is 37.3 Å². The molecule has 0 radical (unpaired) electrons. The standard InChI is InChI=1S/C17H22N2O2/c1-12-5-2-3-6-14(12)15-7-4-10-19(15)17(21)13-8-9-16(20)18-11-13/h2-3,5-6,13,15H,4,7-11H2,1H3,(H,18,20)/t13-,15-/m1/s1. The fourth-order valence-electron chi connectivity index (χ4n) is 3.49. The number of hydrogen-bond donors (Lipinski definition) is 1. The molecule has 2 aliphatic rings. The van der Waals surface area contributed by atoms with E-state index in [4.69, 9.17) is 0 Å². The zero-order chi connectivity index (χ0) is 14.8. The van der Waals surface area contributed by atoms with E-state index in [1.807, 2.05) is 17.0 Å². The van der Waals surface area contributed by atoms with Gasteiger partial charge in [0.1, 0.15) is 0 Å². The number of benzene rings is 1. The molecule has 2 atom stereocenters. The van der Waals surface area contributed by atoms with Crippen LogP contribution in [0.2, 0.25) is 0 Å². The van der Waals surface area contributed by atoms with Gasteiger partial charge in [-0.25, -0.2) is 0 Å². The molecule has 2 fully saturated rings. The molecule has 1 aromatic rings. The van der Waals surface area contributed by atoms with E-state index in [0.29, 0.717) is 19.4 Å². The molecule has 0 aromatic heterocycles. The first-order chi connectivity index (χ1) is 10.2. The lowest BCUT2D eigenvalue weighted by Crippen LogP contribution is -2.44. The minimum absolute atomic E-state index is 0.0488. The van der Waals surface area contributed by atoms with E-state index in [0.717, 1.165) is 19.4 Å². The maximum atomic E-state index is 12.8. The zero-order valence-corrected chi connectivity index (χ0v) is 12.5. The van der Waals surface area contributed by atoms with Crippen molar-refractivity contribution in [1.29, 1.82) is 0 Å². The minimum atomic E-state index is -0.0488. The smallest absolute Gasteiger partial charge is 0.227 e. The molecular formula is C17H22N2O2. The van der Waals surface area contributed by atoms with Crippen LogP contribution in [0.15, 0.2) is 24.3 Å². The Morgan fingerprint density at radius 3 is 2.81 bits per heavy atom. The number of piperidine rings is 1. The third kappa shape index (κ3) is 2.80. The maximum absolute atomic E-state index is 12.8. The third-order valence-electron chi connectivity index (χ3n) is 4.70. The molecule has 0 aliphatic carbocycles. The second-order valence-corrected chi connectivity index (χ2v) is 6.09. The van der Waals surface area contributed by atoms with Crippen LogP contribution in [0.4, 0.5) is 0 Å². The minimum Gasteiger partial charge on any atom is -0.355 e. The van der Waals surface area contributed by atoms with Crippen molar-refractivity contribution in [2.45, 2.75) is 38.6 Å². The molecule has 4 heteroatoms. The summed E-state index contributed by atoms with van der Waals surface area (Å²) in [4.78, 5) is 26.1. The van der Waals surface area contributed by atoms with Gasteiger partial charge in [0, 0.05) is 19.5 Å². The third-order valence-corrected chi connectivity index (χ3v) is 4.70. The van der Waals surface area contributed by atoms with Crippen molar-refractivity contribution in [3.05, 3.63) is 35.4 Å². The van der Waals surface area contributed by atoms with Gasteiger partial charge in [0.25, 0.3) is 0 Å². The molecule has 0 unspecified atom stereocenters. The number of likely N-dealkylation sites (tertiary alicyclic amines) is 1. The number of rotatable bonds is 2. The second kappa shape index (κ2) is 5.88. The van der Waals surface area contributed by atoms with Crippen LogP contribution in [0.5, 0.6) is 0 Å². The highest BCUT2D eigenvalue weighted by molar-refractivity contribution is 5.84. The molecule has 2 aliphatic heterocycles. The Balaban J connectivity index is 1.76. The summed E-state index contributed by atoms with van der Waals surface area (Å²) < 4.78 is 0. The SMILES string of the molecule is Cc1ccccc1[C@H]1CCCN1C(=O)[C@@H]1CCC(=O)NC1. The summed E-state index contributed by atoms with van der Waals surface area (Å²) in [5.74, 6) is 0.226. The molecule has 0 bridgehead atoms. The van der Waals surface area contributed by atoms with Crippen molar-refractivity contribution in [1.82, 2.24) is 10.2 Å². The Morgan fingerprint density at radius 2 is 2.10 bits per heavy atom. The van der Waals surface area contributed by atoms with Crippen molar-refractivity contribution in [2.75, 3.05) is 13.1 Å². The van der Waals surface area contributed by atoms with Crippen molar-refractivity contribution in [3.63, 3.8) is 0 Å². The van der Waals surface area contributed by atoms with Crippen LogP contribution in [0, 0.1) is 12.8 Å². The van der Waals surface area contributed by atoms with E-state index in [1.54, 1.807) is 0 Å². The van der Waals surface area contributed by atoms with Gasteiger partial charge in [0.2, 0.25) is 11.8 Å². The lowest BCUT2D eigenvalue weighted by molar-refractivity contribution is -0.138. The molecule has 1 aromatic carbocycles. The summed E-state index contributed by atoms with van der Waals surface area (Å²) in [5.41, 5.74) is 2.52. The molecule has 2 amide bonds. The van der Waals surface area contributed by atoms with E-state index in [9.17, 15) is 9.59 Å². The van der Waals surface area contributed by atoms with Crippen LogP contribution in [-0.4, -0.2) is 29.8 Å². The Bertz CT molecular complexity index is 545. The van der Waals surface area contributed by atoms with Gasteiger partial charge in [-0.1, -0.05) is 24.3 Å². The average molecular weight is 286 g/mol. The summed E-state index contributed by atoms with van der Waals surface area (Å²) in [7, 11) is 0. The molecule has 112 valence electrons. The van der Waals surface area contributed by atoms with Gasteiger partial charge in [0.05, 0.1) is 12.0 Å². The van der Waals surface area contributed by atoms with E-state index in [-0.39, 0.29) is 23.8 Å². The predicted octanol–water partition coefficient (Wildman–Crippen LogP) is 2.18. The van der Waals surface area contributed by atoms with Gasteiger partial charge in [0.15, 0.2) is 0 Å². The van der Waals surface area contributed by atoms with Crippen molar-refractivity contribution >= 4 is 11.8 Å². The molecule has 0 spiro atoms. The number of nitrogens with zero attached hydrogens (tertiary/aromatic N) is 1. The first-order valence-corrected chi connectivity index (χ1v) is 7.79. The Morgan fingerprint density at radius 1 is 1.29 bits per heavy atom. The van der Waals surface area contributed by atoms with E-state index >= 15 is 0 Å². The van der Waals surface area contributed by atoms with Crippen LogP contribution < -0.4 is 5.32 Å². The summed E-state index contributed by atoms with van der Waals surface area (Å²) >= 11 is 0. The van der Waals surface area contributed by atoms with Crippen molar-refractivity contribution < 1.29 is 9.59 Å². The number of aryl methyl sites for hydroxylation is 1. The highest BCUT2D eigenvalue weighted by atomic mass is 16.2. The van der Waals surface area contributed by atoms with Crippen LogP contribution in [0.1, 0.15) is 42.9 Å². The van der Waals surface area contributed by atoms with Gasteiger partial charge >= 0.3 is 0 Å². The number of nitrogens with one attached hydrogen (secondary N) is 1. The van der Waals surface area contributed by atoms with Crippen LogP contribution in [-0.2, 0) is 9.59 Å². The number of carbonyl (C=O) groups excluding carboxylic acids is 2. The summed E-state index contributed by atoms with van der Waals surface area (Å²) in [5, 5.41) is 2.82. The van der Waals surface area contributed by atoms with E-state index in [1.165, 1.54) is 11.1 Å². The first kappa shape index (κ1) is 14.1. The Hall–Kier alpha value is -1.84. The summed E-state index contributed by atoms with van der Waals surface area (Å²) in [6.07, 6.45) is 3.25. The maximum Gasteiger partial charge on any atom is 0.227 e. The van der Waals surface area contributed by atoms with Crippen molar-refractivity contribution in [2.24, 2.45) is 5.92 Å². The van der Waals surface area contributed by atoms with Gasteiger partial charge < -0.3 is 10.2 Å². The quantitative estimate of drug-likeness (QED) is 0.906. The second-order valence-electron chi connectivity index (χ2n) is 6.09. The average Bonchev–Trinajstić information content (AvgIpc) is 2.97.